The Morgan fingerprint density at radius 1 is 1.20 bits per heavy atom. The summed E-state index contributed by atoms with van der Waals surface area (Å²) in [6.07, 6.45) is -4.43. The maximum atomic E-state index is 12.6. The van der Waals surface area contributed by atoms with Gasteiger partial charge < -0.3 is 16.0 Å². The van der Waals surface area contributed by atoms with Crippen molar-refractivity contribution in [3.63, 3.8) is 0 Å². The summed E-state index contributed by atoms with van der Waals surface area (Å²) >= 11 is 0.567. The van der Waals surface area contributed by atoms with E-state index >= 15 is 0 Å². The van der Waals surface area contributed by atoms with Crippen molar-refractivity contribution in [3.05, 3.63) is 34.7 Å². The van der Waals surface area contributed by atoms with Crippen LogP contribution in [-0.4, -0.2) is 30.1 Å². The Bertz CT molecular complexity index is 779. The van der Waals surface area contributed by atoms with Gasteiger partial charge in [-0.25, -0.2) is 9.78 Å². The lowest BCUT2D eigenvalue weighted by atomic mass is 10.1. The molecule has 5 nitrogen and oxygen atoms in total. The van der Waals surface area contributed by atoms with Crippen LogP contribution >= 0.6 is 11.3 Å². The number of carbonyl (C=O) groups excluding carboxylic acids is 1. The fraction of sp³-hybridized carbons (Fsp3) is 0.375. The van der Waals surface area contributed by atoms with Gasteiger partial charge in [-0.3, -0.25) is 0 Å². The van der Waals surface area contributed by atoms with Crippen molar-refractivity contribution in [1.29, 1.82) is 0 Å². The van der Waals surface area contributed by atoms with E-state index in [-0.39, 0.29) is 17.8 Å². The molecule has 2 fully saturated rings. The highest BCUT2D eigenvalue weighted by atomic mass is 32.1. The van der Waals surface area contributed by atoms with Crippen LogP contribution in [0.25, 0.3) is 11.3 Å². The van der Waals surface area contributed by atoms with Gasteiger partial charge in [-0.1, -0.05) is 12.1 Å². The lowest BCUT2D eigenvalue weighted by Gasteiger charge is -2.10. The fourth-order valence-electron chi connectivity index (χ4n) is 3.21. The molecule has 2 amide bonds. The lowest BCUT2D eigenvalue weighted by Crippen LogP contribution is -2.35. The number of amides is 2. The number of nitrogens with zero attached hydrogens (tertiary/aromatic N) is 1. The number of thiazole rings is 1. The Kier molecular flexibility index (Phi) is 3.92. The molecule has 0 bridgehead atoms. The Morgan fingerprint density at radius 3 is 2.48 bits per heavy atom. The molecule has 3 atom stereocenters. The predicted octanol–water partition coefficient (Wildman–Crippen LogP) is 3.17. The van der Waals surface area contributed by atoms with Gasteiger partial charge in [0.25, 0.3) is 0 Å². The third-order valence-corrected chi connectivity index (χ3v) is 5.46. The molecule has 25 heavy (non-hydrogen) atoms. The molecule has 1 aliphatic carbocycles. The first-order chi connectivity index (χ1) is 11.9. The molecule has 0 radical (unpaired) electrons. The van der Waals surface area contributed by atoms with Gasteiger partial charge in [0, 0.05) is 35.8 Å². The van der Waals surface area contributed by atoms with Crippen LogP contribution < -0.4 is 16.0 Å². The van der Waals surface area contributed by atoms with Crippen LogP contribution in [0.3, 0.4) is 0 Å². The van der Waals surface area contributed by atoms with E-state index in [4.69, 9.17) is 0 Å². The number of urea groups is 1. The molecule has 1 saturated carbocycles. The summed E-state index contributed by atoms with van der Waals surface area (Å²) in [6, 6.07) is 6.55. The highest BCUT2D eigenvalue weighted by Crippen LogP contribution is 2.41. The van der Waals surface area contributed by atoms with Crippen LogP contribution in [0.15, 0.2) is 29.6 Å². The Hall–Kier alpha value is -2.13. The van der Waals surface area contributed by atoms with E-state index in [1.165, 1.54) is 5.38 Å². The number of hydrogen-bond acceptors (Lipinski definition) is 4. The number of carbonyl (C=O) groups is 1. The van der Waals surface area contributed by atoms with Gasteiger partial charge in [0.2, 0.25) is 0 Å². The molecule has 1 unspecified atom stereocenters. The number of fused-ring (bicyclic) bond motifs is 1. The molecule has 132 valence electrons. The average molecular weight is 368 g/mol. The summed E-state index contributed by atoms with van der Waals surface area (Å²) < 4.78 is 37.8. The first kappa shape index (κ1) is 16.3. The topological polar surface area (TPSA) is 66.0 Å². The van der Waals surface area contributed by atoms with Crippen molar-refractivity contribution < 1.29 is 18.0 Å². The highest BCUT2D eigenvalue weighted by molar-refractivity contribution is 7.10. The fourth-order valence-corrected chi connectivity index (χ4v) is 3.91. The standard InChI is InChI=1S/C16H15F3N4OS/c17-16(18,19)14-22-12(7-25-14)8-1-3-9(4-2-8)21-15(24)23-13-10-5-20-6-11(10)13/h1-4,7,10-11,13,20H,5-6H2,(H2,21,23,24)/t10-,11+,13?. The van der Waals surface area contributed by atoms with Crippen LogP contribution in [0.5, 0.6) is 0 Å². The second kappa shape index (κ2) is 5.99. The van der Waals surface area contributed by atoms with Crippen LogP contribution in [0.4, 0.5) is 23.7 Å². The summed E-state index contributed by atoms with van der Waals surface area (Å²) in [5.74, 6) is 1.06. The van der Waals surface area contributed by atoms with E-state index < -0.39 is 11.2 Å². The molecule has 2 aromatic rings. The van der Waals surface area contributed by atoms with Crippen LogP contribution in [-0.2, 0) is 6.18 Å². The van der Waals surface area contributed by atoms with E-state index in [0.29, 0.717) is 34.4 Å². The van der Waals surface area contributed by atoms with E-state index in [9.17, 15) is 18.0 Å². The first-order valence-corrected chi connectivity index (χ1v) is 8.71. The first-order valence-electron chi connectivity index (χ1n) is 7.83. The van der Waals surface area contributed by atoms with E-state index in [1.807, 2.05) is 0 Å². The molecule has 1 aromatic heterocycles. The van der Waals surface area contributed by atoms with Gasteiger partial charge in [-0.05, 0) is 24.0 Å². The predicted molar refractivity (Wildman–Crippen MR) is 88.3 cm³/mol. The second-order valence-corrected chi connectivity index (χ2v) is 7.08. The number of alkyl halides is 3. The van der Waals surface area contributed by atoms with E-state index in [0.717, 1.165) is 13.1 Å². The summed E-state index contributed by atoms with van der Waals surface area (Å²) in [7, 11) is 0. The number of piperidine rings is 1. The Balaban J connectivity index is 1.37. The summed E-state index contributed by atoms with van der Waals surface area (Å²) in [6.45, 7) is 1.88. The van der Waals surface area contributed by atoms with E-state index in [1.54, 1.807) is 24.3 Å². The molecular formula is C16H15F3N4OS. The lowest BCUT2D eigenvalue weighted by molar-refractivity contribution is -0.137. The van der Waals surface area contributed by atoms with Crippen LogP contribution in [0.2, 0.25) is 0 Å². The molecule has 2 heterocycles. The maximum absolute atomic E-state index is 12.6. The zero-order valence-corrected chi connectivity index (χ0v) is 13.7. The van der Waals surface area contributed by atoms with Crippen molar-refractivity contribution in [3.8, 4) is 11.3 Å². The van der Waals surface area contributed by atoms with Crippen molar-refractivity contribution in [1.82, 2.24) is 15.6 Å². The van der Waals surface area contributed by atoms with Gasteiger partial charge in [-0.15, -0.1) is 11.3 Å². The molecule has 9 heteroatoms. The van der Waals surface area contributed by atoms with Crippen molar-refractivity contribution in [2.24, 2.45) is 11.8 Å². The highest BCUT2D eigenvalue weighted by Gasteiger charge is 2.53. The minimum atomic E-state index is -4.43. The number of nitrogens with one attached hydrogen (secondary N) is 3. The summed E-state index contributed by atoms with van der Waals surface area (Å²) in [5.41, 5.74) is 1.42. The normalized spacial score (nSPS) is 24.7. The molecule has 3 N–H and O–H groups in total. The summed E-state index contributed by atoms with van der Waals surface area (Å²) in [4.78, 5) is 15.6. The maximum Gasteiger partial charge on any atom is 0.443 e. The molecule has 0 spiro atoms. The Morgan fingerprint density at radius 2 is 1.88 bits per heavy atom. The van der Waals surface area contributed by atoms with Crippen molar-refractivity contribution in [2.75, 3.05) is 18.4 Å². The molecule has 2 aliphatic rings. The van der Waals surface area contributed by atoms with Crippen molar-refractivity contribution in [2.45, 2.75) is 12.2 Å². The minimum Gasteiger partial charge on any atom is -0.334 e. The number of rotatable bonds is 3. The van der Waals surface area contributed by atoms with Gasteiger partial charge >= 0.3 is 12.2 Å². The monoisotopic (exact) mass is 368 g/mol. The number of hydrogen-bond donors (Lipinski definition) is 3. The Labute approximate surface area is 145 Å². The number of aromatic nitrogens is 1. The van der Waals surface area contributed by atoms with Crippen molar-refractivity contribution >= 4 is 23.1 Å². The largest absolute Gasteiger partial charge is 0.443 e. The SMILES string of the molecule is O=C(Nc1ccc(-c2csc(C(F)(F)F)n2)cc1)NC1[C@H]2CNC[C@@H]12. The van der Waals surface area contributed by atoms with Gasteiger partial charge in [0.05, 0.1) is 5.69 Å². The molecule has 1 saturated heterocycles. The van der Waals surface area contributed by atoms with Gasteiger partial charge in [0.15, 0.2) is 5.01 Å². The minimum absolute atomic E-state index is 0.233. The quantitative estimate of drug-likeness (QED) is 0.780. The zero-order chi connectivity index (χ0) is 17.6. The molecule has 4 rings (SSSR count). The zero-order valence-electron chi connectivity index (χ0n) is 12.9. The molecular weight excluding hydrogens is 353 g/mol. The average Bonchev–Trinajstić information content (AvgIpc) is 3.02. The van der Waals surface area contributed by atoms with Crippen LogP contribution in [0, 0.1) is 11.8 Å². The molecule has 1 aliphatic heterocycles. The van der Waals surface area contributed by atoms with Crippen LogP contribution in [0.1, 0.15) is 5.01 Å². The third kappa shape index (κ3) is 3.34. The smallest absolute Gasteiger partial charge is 0.334 e. The second-order valence-electron chi connectivity index (χ2n) is 6.22. The number of halogens is 3. The molecule has 1 aromatic carbocycles. The number of anilines is 1. The summed E-state index contributed by atoms with van der Waals surface area (Å²) in [5, 5.41) is 9.45. The van der Waals surface area contributed by atoms with Gasteiger partial charge in [0.1, 0.15) is 0 Å². The van der Waals surface area contributed by atoms with Gasteiger partial charge in [-0.2, -0.15) is 13.2 Å². The van der Waals surface area contributed by atoms with E-state index in [2.05, 4.69) is 20.9 Å². The third-order valence-electron chi connectivity index (χ3n) is 4.57. The number of benzene rings is 1.